The van der Waals surface area contributed by atoms with Gasteiger partial charge in [-0.1, -0.05) is 89.6 Å². The number of Topliss-reactive ketones (excluding diaryl/α,β-unsaturated/α-hetero) is 1. The average molecular weight is 758 g/mol. The standard InChI is InChI=1S/C42H59N7O6/c1-7-12-31(35(50)40(54)45-26(3)27-19-17-25(2)18-20-27)46-39(53)34-30-16-11-15-29(30)24-49(34)41(55)36(42(4,5)6)48-38(52)33(28-13-9-8-10-14-28)47-37(51)32-23-43-21-22-44-32/h17-23,26,28-31,33-34,36H,7-16,24H2,1-6H3,(H,45,54)(H,46,53)(H,47,51)(H,48,52)/t26-,29?,30?,31-,33-,34-,36+/m0/s1. The van der Waals surface area contributed by atoms with Crippen molar-refractivity contribution in [3.8, 4) is 0 Å². The molecule has 1 saturated heterocycles. The first-order valence-electron chi connectivity index (χ1n) is 20.1. The van der Waals surface area contributed by atoms with Crippen LogP contribution in [0.5, 0.6) is 0 Å². The lowest BCUT2D eigenvalue weighted by Gasteiger charge is -2.38. The lowest BCUT2D eigenvalue weighted by Crippen LogP contribution is -2.62. The van der Waals surface area contributed by atoms with E-state index in [-0.39, 0.29) is 35.8 Å². The van der Waals surface area contributed by atoms with E-state index >= 15 is 0 Å². The Morgan fingerprint density at radius 2 is 1.58 bits per heavy atom. The predicted molar refractivity (Wildman–Crippen MR) is 207 cm³/mol. The third-order valence-corrected chi connectivity index (χ3v) is 11.7. The Bertz CT molecular complexity index is 1690. The Labute approximate surface area is 325 Å². The highest BCUT2D eigenvalue weighted by atomic mass is 16.2. The second-order valence-corrected chi connectivity index (χ2v) is 16.9. The fourth-order valence-corrected chi connectivity index (χ4v) is 8.59. The Hall–Kier alpha value is -4.68. The number of carbonyl (C=O) groups is 6. The lowest BCUT2D eigenvalue weighted by molar-refractivity contribution is -0.146. The molecular formula is C42H59N7O6. The molecule has 2 aliphatic carbocycles. The van der Waals surface area contributed by atoms with E-state index in [0.29, 0.717) is 13.0 Å². The summed E-state index contributed by atoms with van der Waals surface area (Å²) in [5.41, 5.74) is 1.27. The summed E-state index contributed by atoms with van der Waals surface area (Å²) in [6, 6.07) is 3.42. The van der Waals surface area contributed by atoms with E-state index in [9.17, 15) is 28.8 Å². The highest BCUT2D eigenvalue weighted by molar-refractivity contribution is 6.38. The molecule has 1 aliphatic heterocycles. The van der Waals surface area contributed by atoms with Crippen LogP contribution in [0.25, 0.3) is 0 Å². The average Bonchev–Trinajstić information content (AvgIpc) is 3.77. The molecule has 13 heteroatoms. The largest absolute Gasteiger partial charge is 0.344 e. The lowest BCUT2D eigenvalue weighted by atomic mass is 9.82. The van der Waals surface area contributed by atoms with Gasteiger partial charge in [0, 0.05) is 18.9 Å². The maximum atomic E-state index is 14.7. The van der Waals surface area contributed by atoms with Crippen molar-refractivity contribution in [2.75, 3.05) is 6.54 Å². The summed E-state index contributed by atoms with van der Waals surface area (Å²) in [7, 11) is 0. The zero-order valence-corrected chi connectivity index (χ0v) is 33.2. The van der Waals surface area contributed by atoms with Gasteiger partial charge in [0.25, 0.3) is 11.8 Å². The van der Waals surface area contributed by atoms with Crippen molar-refractivity contribution in [2.24, 2.45) is 23.2 Å². The van der Waals surface area contributed by atoms with E-state index in [2.05, 4.69) is 31.2 Å². The van der Waals surface area contributed by atoms with Crippen molar-refractivity contribution in [3.63, 3.8) is 0 Å². The number of amides is 5. The molecule has 55 heavy (non-hydrogen) atoms. The molecule has 3 fully saturated rings. The number of hydrogen-bond acceptors (Lipinski definition) is 8. The van der Waals surface area contributed by atoms with Crippen molar-refractivity contribution < 1.29 is 28.8 Å². The molecule has 0 bridgehead atoms. The zero-order valence-electron chi connectivity index (χ0n) is 33.2. The molecule has 1 aromatic heterocycles. The Balaban J connectivity index is 1.34. The van der Waals surface area contributed by atoms with Gasteiger partial charge in [0.05, 0.1) is 18.3 Å². The first-order chi connectivity index (χ1) is 26.2. The summed E-state index contributed by atoms with van der Waals surface area (Å²) in [6.45, 7) is 11.6. The summed E-state index contributed by atoms with van der Waals surface area (Å²) in [4.78, 5) is 93.0. The van der Waals surface area contributed by atoms with Gasteiger partial charge in [0.15, 0.2) is 0 Å². The van der Waals surface area contributed by atoms with Gasteiger partial charge in [-0.05, 0) is 74.7 Å². The smallest absolute Gasteiger partial charge is 0.290 e. The number of nitrogens with zero attached hydrogens (tertiary/aromatic N) is 3. The fraction of sp³-hybridized carbons (Fsp3) is 0.619. The third-order valence-electron chi connectivity index (χ3n) is 11.7. The molecular weight excluding hydrogens is 699 g/mol. The van der Waals surface area contributed by atoms with Crippen LogP contribution in [0.15, 0.2) is 42.9 Å². The summed E-state index contributed by atoms with van der Waals surface area (Å²) in [6.07, 6.45) is 12.0. The number of nitrogens with one attached hydrogen (secondary N) is 4. The maximum Gasteiger partial charge on any atom is 0.290 e. The van der Waals surface area contributed by atoms with Crippen LogP contribution < -0.4 is 21.3 Å². The van der Waals surface area contributed by atoms with Crippen LogP contribution in [0, 0.1) is 30.1 Å². The van der Waals surface area contributed by atoms with Crippen molar-refractivity contribution in [1.82, 2.24) is 36.1 Å². The fourth-order valence-electron chi connectivity index (χ4n) is 8.59. The number of rotatable bonds is 14. The number of benzene rings is 1. The van der Waals surface area contributed by atoms with Gasteiger partial charge in [0.2, 0.25) is 23.5 Å². The van der Waals surface area contributed by atoms with Crippen molar-refractivity contribution >= 4 is 35.3 Å². The molecule has 4 N–H and O–H groups in total. The summed E-state index contributed by atoms with van der Waals surface area (Å²) in [5, 5.41) is 11.6. The summed E-state index contributed by atoms with van der Waals surface area (Å²) in [5.74, 6) is -3.49. The number of ketones is 1. The first kappa shape index (κ1) is 41.5. The molecule has 5 amide bonds. The molecule has 0 radical (unpaired) electrons. The van der Waals surface area contributed by atoms with Crippen LogP contribution in [0.2, 0.25) is 0 Å². The second-order valence-electron chi connectivity index (χ2n) is 16.9. The molecule has 2 heterocycles. The molecule has 13 nitrogen and oxygen atoms in total. The molecule has 2 saturated carbocycles. The maximum absolute atomic E-state index is 14.7. The number of hydrogen-bond donors (Lipinski definition) is 4. The van der Waals surface area contributed by atoms with Gasteiger partial charge in [-0.15, -0.1) is 0 Å². The van der Waals surface area contributed by atoms with Crippen molar-refractivity contribution in [2.45, 2.75) is 136 Å². The van der Waals surface area contributed by atoms with Crippen LogP contribution in [0.4, 0.5) is 0 Å². The molecule has 2 unspecified atom stereocenters. The van der Waals surface area contributed by atoms with E-state index in [0.717, 1.165) is 62.5 Å². The van der Waals surface area contributed by atoms with Crippen LogP contribution in [0.3, 0.4) is 0 Å². The quantitative estimate of drug-likeness (QED) is 0.206. The minimum atomic E-state index is -1.06. The second kappa shape index (κ2) is 18.3. The highest BCUT2D eigenvalue weighted by Gasteiger charge is 2.52. The number of carbonyl (C=O) groups excluding carboxylic acids is 6. The Morgan fingerprint density at radius 3 is 2.22 bits per heavy atom. The SMILES string of the molecule is CCC[C@H](NC(=O)[C@@H]1C2CCCC2CN1C(=O)[C@@H](NC(=O)[C@@H](NC(=O)c1cnccn1)C1CCCCC1)C(C)(C)C)C(=O)C(=O)N[C@@H](C)c1ccc(C)cc1. The third kappa shape index (κ3) is 10.1. The van der Waals surface area contributed by atoms with Gasteiger partial charge in [-0.2, -0.15) is 0 Å². The van der Waals surface area contributed by atoms with Crippen LogP contribution in [0.1, 0.15) is 126 Å². The Kier molecular flexibility index (Phi) is 13.8. The van der Waals surface area contributed by atoms with Crippen LogP contribution in [-0.2, 0) is 24.0 Å². The molecule has 2 aromatic rings. The van der Waals surface area contributed by atoms with Gasteiger partial charge in [0.1, 0.15) is 23.8 Å². The van der Waals surface area contributed by atoms with E-state index < -0.39 is 65.0 Å². The van der Waals surface area contributed by atoms with E-state index in [1.54, 1.807) is 11.8 Å². The molecule has 1 aromatic carbocycles. The molecule has 5 rings (SSSR count). The van der Waals surface area contributed by atoms with E-state index in [4.69, 9.17) is 0 Å². The van der Waals surface area contributed by atoms with Crippen molar-refractivity contribution in [1.29, 1.82) is 0 Å². The molecule has 0 spiro atoms. The van der Waals surface area contributed by atoms with E-state index in [1.165, 1.54) is 18.6 Å². The normalized spacial score (nSPS) is 22.1. The van der Waals surface area contributed by atoms with Gasteiger partial charge in [-0.3, -0.25) is 33.8 Å². The summed E-state index contributed by atoms with van der Waals surface area (Å²) >= 11 is 0. The van der Waals surface area contributed by atoms with Crippen LogP contribution in [-0.4, -0.2) is 80.9 Å². The number of likely N-dealkylation sites (tertiary alicyclic amines) is 1. The minimum absolute atomic E-state index is 0.0927. The molecule has 3 aliphatic rings. The first-order valence-corrected chi connectivity index (χ1v) is 20.1. The van der Waals surface area contributed by atoms with Crippen LogP contribution >= 0.6 is 0 Å². The van der Waals surface area contributed by atoms with Gasteiger partial charge in [-0.25, -0.2) is 4.98 Å². The Morgan fingerprint density at radius 1 is 0.873 bits per heavy atom. The van der Waals surface area contributed by atoms with Gasteiger partial charge < -0.3 is 26.2 Å². The predicted octanol–water partition coefficient (Wildman–Crippen LogP) is 4.35. The number of aromatic nitrogens is 2. The van der Waals surface area contributed by atoms with E-state index in [1.807, 2.05) is 58.9 Å². The zero-order chi connectivity index (χ0) is 39.9. The highest BCUT2D eigenvalue weighted by Crippen LogP contribution is 2.43. The van der Waals surface area contributed by atoms with Crippen molar-refractivity contribution in [3.05, 3.63) is 59.7 Å². The molecule has 298 valence electrons. The molecule has 7 atom stereocenters. The monoisotopic (exact) mass is 757 g/mol. The number of aryl methyl sites for hydroxylation is 1. The van der Waals surface area contributed by atoms with Gasteiger partial charge >= 0.3 is 0 Å². The summed E-state index contributed by atoms with van der Waals surface area (Å²) < 4.78 is 0. The number of fused-ring (bicyclic) bond motifs is 1. The topological polar surface area (TPSA) is 180 Å². The minimum Gasteiger partial charge on any atom is -0.344 e.